The van der Waals surface area contributed by atoms with E-state index in [4.69, 9.17) is 4.98 Å². The van der Waals surface area contributed by atoms with Crippen molar-refractivity contribution in [2.24, 2.45) is 0 Å². The minimum Gasteiger partial charge on any atom is -0.309 e. The Balaban J connectivity index is 1.73. The average Bonchev–Trinajstić information content (AvgIpc) is 2.90. The number of aromatic nitrogens is 1. The van der Waals surface area contributed by atoms with Crippen molar-refractivity contribution in [3.05, 3.63) is 133 Å². The first kappa shape index (κ1) is 20.2. The van der Waals surface area contributed by atoms with E-state index in [0.717, 1.165) is 38.4 Å². The van der Waals surface area contributed by atoms with Crippen LogP contribution in [0.1, 0.15) is 0 Å². The molecule has 2 nitrogen and oxygen atoms in total. The lowest BCUT2D eigenvalue weighted by atomic mass is 10.1. The van der Waals surface area contributed by atoms with Crippen LogP contribution in [-0.4, -0.2) is 4.98 Å². The van der Waals surface area contributed by atoms with Gasteiger partial charge in [0.1, 0.15) is 0 Å². The zero-order valence-corrected chi connectivity index (χ0v) is 18.4. The third-order valence-electron chi connectivity index (χ3n) is 5.58. The van der Waals surface area contributed by atoms with Gasteiger partial charge in [0, 0.05) is 27.0 Å². The largest absolute Gasteiger partial charge is 0.309 e. The monoisotopic (exact) mass is 431 g/mol. The Hall–Kier alpha value is -3.74. The summed E-state index contributed by atoms with van der Waals surface area (Å²) >= 11 is 0. The molecule has 0 aliphatic heterocycles. The Morgan fingerprint density at radius 3 is 1.59 bits per heavy atom. The zero-order chi connectivity index (χ0) is 21.8. The second kappa shape index (κ2) is 8.78. The molecule has 5 rings (SSSR count). The SMILES string of the molecule is O=P(c1ccccc1)(c1ccccc1)c1ccccc1-c1cccc(-c2ccccc2)n1. The fraction of sp³-hybridized carbons (Fsp3) is 0. The smallest absolute Gasteiger partial charge is 0.171 e. The highest BCUT2D eigenvalue weighted by atomic mass is 31.2. The van der Waals surface area contributed by atoms with Gasteiger partial charge in [0.15, 0.2) is 7.14 Å². The summed E-state index contributed by atoms with van der Waals surface area (Å²) in [5, 5.41) is 2.44. The number of rotatable bonds is 5. The highest BCUT2D eigenvalue weighted by Crippen LogP contribution is 2.45. The van der Waals surface area contributed by atoms with Crippen LogP contribution in [0.5, 0.6) is 0 Å². The van der Waals surface area contributed by atoms with Gasteiger partial charge >= 0.3 is 0 Å². The van der Waals surface area contributed by atoms with Crippen molar-refractivity contribution in [1.29, 1.82) is 0 Å². The van der Waals surface area contributed by atoms with Crippen LogP contribution >= 0.6 is 7.14 Å². The summed E-state index contributed by atoms with van der Waals surface area (Å²) in [7, 11) is -3.11. The highest BCUT2D eigenvalue weighted by molar-refractivity contribution is 7.85. The molecule has 0 N–H and O–H groups in total. The summed E-state index contributed by atoms with van der Waals surface area (Å²) in [6.07, 6.45) is 0. The first-order valence-electron chi connectivity index (χ1n) is 10.6. The third kappa shape index (κ3) is 3.70. The molecule has 154 valence electrons. The second-order valence-corrected chi connectivity index (χ2v) is 10.3. The van der Waals surface area contributed by atoms with Crippen LogP contribution in [0.3, 0.4) is 0 Å². The summed E-state index contributed by atoms with van der Waals surface area (Å²) in [6.45, 7) is 0. The van der Waals surface area contributed by atoms with Gasteiger partial charge in [-0.1, -0.05) is 121 Å². The predicted molar refractivity (Wildman–Crippen MR) is 135 cm³/mol. The molecule has 32 heavy (non-hydrogen) atoms. The van der Waals surface area contributed by atoms with Crippen LogP contribution in [0.25, 0.3) is 22.5 Å². The normalized spacial score (nSPS) is 11.2. The maximum Gasteiger partial charge on any atom is 0.171 e. The molecule has 1 heterocycles. The Kier molecular flexibility index (Phi) is 5.54. The van der Waals surface area contributed by atoms with Crippen LogP contribution < -0.4 is 15.9 Å². The van der Waals surface area contributed by atoms with Crippen molar-refractivity contribution in [2.45, 2.75) is 0 Å². The van der Waals surface area contributed by atoms with Gasteiger partial charge < -0.3 is 4.57 Å². The molecule has 3 heteroatoms. The Morgan fingerprint density at radius 1 is 0.469 bits per heavy atom. The van der Waals surface area contributed by atoms with Crippen molar-refractivity contribution in [3.8, 4) is 22.5 Å². The van der Waals surface area contributed by atoms with Gasteiger partial charge in [-0.3, -0.25) is 0 Å². The van der Waals surface area contributed by atoms with E-state index in [1.165, 1.54) is 0 Å². The molecule has 0 saturated carbocycles. The van der Waals surface area contributed by atoms with Gasteiger partial charge in [0.2, 0.25) is 0 Å². The van der Waals surface area contributed by atoms with Crippen LogP contribution in [0.2, 0.25) is 0 Å². The van der Waals surface area contributed by atoms with Gasteiger partial charge in [-0.05, 0) is 12.1 Å². The van der Waals surface area contributed by atoms with Crippen molar-refractivity contribution < 1.29 is 4.57 Å². The lowest BCUT2D eigenvalue weighted by Crippen LogP contribution is -2.26. The van der Waals surface area contributed by atoms with Gasteiger partial charge in [0.25, 0.3) is 0 Å². The second-order valence-electron chi connectivity index (χ2n) is 7.57. The van der Waals surface area contributed by atoms with Gasteiger partial charge in [-0.25, -0.2) is 4.98 Å². The molecule has 0 atom stereocenters. The molecule has 0 amide bonds. The van der Waals surface area contributed by atoms with Crippen LogP contribution in [0.4, 0.5) is 0 Å². The topological polar surface area (TPSA) is 30.0 Å². The first-order valence-corrected chi connectivity index (χ1v) is 12.3. The standard InChI is InChI=1S/C29H22NOP/c31-32(24-15-6-2-7-16-24,25-17-8-3-9-18-25)29-22-11-10-19-26(29)28-21-12-20-27(30-28)23-13-4-1-5-14-23/h1-22H. The van der Waals surface area contributed by atoms with E-state index >= 15 is 0 Å². The van der Waals surface area contributed by atoms with Crippen LogP contribution in [-0.2, 0) is 4.57 Å². The summed E-state index contributed by atoms with van der Waals surface area (Å²) in [4.78, 5) is 4.95. The van der Waals surface area contributed by atoms with E-state index < -0.39 is 7.14 Å². The number of hydrogen-bond donors (Lipinski definition) is 0. The van der Waals surface area contributed by atoms with E-state index in [-0.39, 0.29) is 0 Å². The Labute approximate surface area is 188 Å². The molecular formula is C29H22NOP. The van der Waals surface area contributed by atoms with Gasteiger partial charge in [0.05, 0.1) is 11.4 Å². The van der Waals surface area contributed by atoms with Crippen molar-refractivity contribution in [3.63, 3.8) is 0 Å². The molecule has 4 aromatic carbocycles. The van der Waals surface area contributed by atoms with E-state index in [1.54, 1.807) is 0 Å². The number of nitrogens with zero attached hydrogens (tertiary/aromatic N) is 1. The predicted octanol–water partition coefficient (Wildman–Crippen LogP) is 6.06. The fourth-order valence-electron chi connectivity index (χ4n) is 4.02. The number of benzene rings is 4. The molecule has 1 aromatic heterocycles. The molecule has 0 fully saturated rings. The molecule has 0 bridgehead atoms. The summed E-state index contributed by atoms with van der Waals surface area (Å²) in [5.74, 6) is 0. The zero-order valence-electron chi connectivity index (χ0n) is 17.5. The summed E-state index contributed by atoms with van der Waals surface area (Å²) in [5.41, 5.74) is 3.66. The van der Waals surface area contributed by atoms with Crippen molar-refractivity contribution in [1.82, 2.24) is 4.98 Å². The fourth-order valence-corrected chi connectivity index (χ4v) is 6.89. The quantitative estimate of drug-likeness (QED) is 0.317. The van der Waals surface area contributed by atoms with Crippen molar-refractivity contribution in [2.75, 3.05) is 0 Å². The first-order chi connectivity index (χ1) is 15.8. The summed E-state index contributed by atoms with van der Waals surface area (Å²) in [6, 6.07) is 43.6. The lowest BCUT2D eigenvalue weighted by molar-refractivity contribution is 0.592. The number of pyridine rings is 1. The molecule has 0 saturated heterocycles. The maximum absolute atomic E-state index is 14.9. The molecule has 5 aromatic rings. The molecule has 0 unspecified atom stereocenters. The van der Waals surface area contributed by atoms with E-state index in [9.17, 15) is 4.57 Å². The molecule has 0 spiro atoms. The maximum atomic E-state index is 14.9. The molecular weight excluding hydrogens is 409 g/mol. The van der Waals surface area contributed by atoms with Crippen LogP contribution in [0, 0.1) is 0 Å². The van der Waals surface area contributed by atoms with E-state index in [1.807, 2.05) is 121 Å². The minimum atomic E-state index is -3.11. The summed E-state index contributed by atoms with van der Waals surface area (Å²) < 4.78 is 14.9. The van der Waals surface area contributed by atoms with Gasteiger partial charge in [-0.15, -0.1) is 0 Å². The lowest BCUT2D eigenvalue weighted by Gasteiger charge is -2.22. The van der Waals surface area contributed by atoms with Crippen molar-refractivity contribution >= 4 is 23.1 Å². The number of hydrogen-bond acceptors (Lipinski definition) is 2. The molecule has 0 aliphatic rings. The highest BCUT2D eigenvalue weighted by Gasteiger charge is 2.32. The Morgan fingerprint density at radius 2 is 0.969 bits per heavy atom. The minimum absolute atomic E-state index is 0.801. The van der Waals surface area contributed by atoms with E-state index in [2.05, 4.69) is 12.1 Å². The Bertz CT molecular complexity index is 1340. The van der Waals surface area contributed by atoms with Crippen LogP contribution in [0.15, 0.2) is 133 Å². The molecule has 0 radical (unpaired) electrons. The molecule has 0 aliphatic carbocycles. The third-order valence-corrected chi connectivity index (χ3v) is 8.70. The van der Waals surface area contributed by atoms with E-state index in [0.29, 0.717) is 0 Å². The van der Waals surface area contributed by atoms with Gasteiger partial charge in [-0.2, -0.15) is 0 Å². The average molecular weight is 431 g/mol.